The predicted octanol–water partition coefficient (Wildman–Crippen LogP) is 0.708. The smallest absolute Gasteiger partial charge is 0.332 e. The lowest BCUT2D eigenvalue weighted by Gasteiger charge is -2.22. The highest BCUT2D eigenvalue weighted by Gasteiger charge is 2.12. The average molecular weight is 201 g/mol. The second-order valence-electron chi connectivity index (χ2n) is 3.59. The van der Waals surface area contributed by atoms with E-state index >= 15 is 0 Å². The Hall–Kier alpha value is -0.610. The van der Waals surface area contributed by atoms with E-state index in [1.165, 1.54) is 26.4 Å². The normalized spacial score (nSPS) is 21.9. The van der Waals surface area contributed by atoms with Gasteiger partial charge in [0.25, 0.3) is 0 Å². The fourth-order valence-corrected chi connectivity index (χ4v) is 1.64. The van der Waals surface area contributed by atoms with E-state index in [1.807, 2.05) is 0 Å². The SMILES string of the molecule is COCC(=O)OCC[C@H]1CCCCN1. The minimum atomic E-state index is -0.275. The number of nitrogens with one attached hydrogen (secondary N) is 1. The summed E-state index contributed by atoms with van der Waals surface area (Å²) in [6.45, 7) is 1.65. The first-order valence-corrected chi connectivity index (χ1v) is 5.21. The molecule has 0 bridgehead atoms. The van der Waals surface area contributed by atoms with Crippen LogP contribution in [-0.2, 0) is 14.3 Å². The molecule has 0 aliphatic carbocycles. The van der Waals surface area contributed by atoms with Crippen molar-refractivity contribution < 1.29 is 14.3 Å². The molecule has 0 aromatic carbocycles. The molecule has 14 heavy (non-hydrogen) atoms. The van der Waals surface area contributed by atoms with Gasteiger partial charge in [0.2, 0.25) is 0 Å². The maximum atomic E-state index is 10.9. The molecule has 0 aromatic heterocycles. The molecule has 1 aliphatic heterocycles. The van der Waals surface area contributed by atoms with Crippen LogP contribution in [0.4, 0.5) is 0 Å². The number of esters is 1. The van der Waals surface area contributed by atoms with Crippen molar-refractivity contribution in [2.75, 3.05) is 26.9 Å². The summed E-state index contributed by atoms with van der Waals surface area (Å²) in [5, 5.41) is 3.40. The second-order valence-corrected chi connectivity index (χ2v) is 3.59. The maximum absolute atomic E-state index is 10.9. The quantitative estimate of drug-likeness (QED) is 0.665. The summed E-state index contributed by atoms with van der Waals surface area (Å²) in [5.74, 6) is -0.275. The van der Waals surface area contributed by atoms with Crippen molar-refractivity contribution in [3.8, 4) is 0 Å². The van der Waals surface area contributed by atoms with Gasteiger partial charge in [-0.3, -0.25) is 0 Å². The molecular formula is C10H19NO3. The summed E-state index contributed by atoms with van der Waals surface area (Å²) in [6.07, 6.45) is 4.65. The molecule has 82 valence electrons. The van der Waals surface area contributed by atoms with E-state index in [0.29, 0.717) is 12.6 Å². The molecule has 1 heterocycles. The third-order valence-electron chi connectivity index (χ3n) is 2.40. The third-order valence-corrected chi connectivity index (χ3v) is 2.40. The van der Waals surface area contributed by atoms with E-state index in [9.17, 15) is 4.79 Å². The van der Waals surface area contributed by atoms with Gasteiger partial charge in [0.1, 0.15) is 6.61 Å². The first-order valence-electron chi connectivity index (χ1n) is 5.21. The zero-order chi connectivity index (χ0) is 10.2. The number of ether oxygens (including phenoxy) is 2. The first-order chi connectivity index (χ1) is 6.83. The Labute approximate surface area is 85.0 Å². The maximum Gasteiger partial charge on any atom is 0.332 e. The van der Waals surface area contributed by atoms with Crippen LogP contribution in [0.15, 0.2) is 0 Å². The van der Waals surface area contributed by atoms with Gasteiger partial charge in [0.15, 0.2) is 0 Å². The number of hydrogen-bond donors (Lipinski definition) is 1. The minimum Gasteiger partial charge on any atom is -0.464 e. The number of piperidine rings is 1. The minimum absolute atomic E-state index is 0.0537. The summed E-state index contributed by atoms with van der Waals surface area (Å²) in [4.78, 5) is 10.9. The number of hydrogen-bond acceptors (Lipinski definition) is 4. The molecule has 0 aromatic rings. The molecule has 1 atom stereocenters. The summed E-state index contributed by atoms with van der Waals surface area (Å²) in [6, 6.07) is 0.527. The van der Waals surface area contributed by atoms with E-state index < -0.39 is 0 Å². The van der Waals surface area contributed by atoms with E-state index in [-0.39, 0.29) is 12.6 Å². The molecule has 1 N–H and O–H groups in total. The zero-order valence-corrected chi connectivity index (χ0v) is 8.75. The Kier molecular flexibility index (Phi) is 5.56. The molecule has 0 radical (unpaired) electrons. The van der Waals surface area contributed by atoms with Crippen LogP contribution in [0.25, 0.3) is 0 Å². The Morgan fingerprint density at radius 2 is 2.36 bits per heavy atom. The highest BCUT2D eigenvalue weighted by molar-refractivity contribution is 5.70. The van der Waals surface area contributed by atoms with Crippen LogP contribution < -0.4 is 5.32 Å². The molecular weight excluding hydrogens is 182 g/mol. The van der Waals surface area contributed by atoms with E-state index in [2.05, 4.69) is 10.1 Å². The zero-order valence-electron chi connectivity index (χ0n) is 8.75. The average Bonchev–Trinajstić information content (AvgIpc) is 2.20. The number of carbonyl (C=O) groups is 1. The fourth-order valence-electron chi connectivity index (χ4n) is 1.64. The van der Waals surface area contributed by atoms with Gasteiger partial charge >= 0.3 is 5.97 Å². The van der Waals surface area contributed by atoms with Crippen LogP contribution in [-0.4, -0.2) is 38.9 Å². The van der Waals surface area contributed by atoms with Gasteiger partial charge in [0.05, 0.1) is 6.61 Å². The largest absolute Gasteiger partial charge is 0.464 e. The van der Waals surface area contributed by atoms with Crippen molar-refractivity contribution in [1.82, 2.24) is 5.32 Å². The van der Waals surface area contributed by atoms with Gasteiger partial charge in [-0.2, -0.15) is 0 Å². The number of methoxy groups -OCH3 is 1. The summed E-state index contributed by atoms with van der Waals surface area (Å²) in [7, 11) is 1.49. The van der Waals surface area contributed by atoms with Crippen LogP contribution in [0, 0.1) is 0 Å². The summed E-state index contributed by atoms with van der Waals surface area (Å²) in [5.41, 5.74) is 0. The topological polar surface area (TPSA) is 47.6 Å². The Morgan fingerprint density at radius 1 is 1.50 bits per heavy atom. The molecule has 0 spiro atoms. The van der Waals surface area contributed by atoms with Crippen LogP contribution >= 0.6 is 0 Å². The van der Waals surface area contributed by atoms with Gasteiger partial charge < -0.3 is 14.8 Å². The molecule has 1 rings (SSSR count). The summed E-state index contributed by atoms with van der Waals surface area (Å²) >= 11 is 0. The fraction of sp³-hybridized carbons (Fsp3) is 0.900. The Bertz CT molecular complexity index is 167. The van der Waals surface area contributed by atoms with Crippen LogP contribution in [0.3, 0.4) is 0 Å². The van der Waals surface area contributed by atoms with Crippen molar-refractivity contribution >= 4 is 5.97 Å². The second kappa shape index (κ2) is 6.79. The molecule has 1 fully saturated rings. The lowest BCUT2D eigenvalue weighted by atomic mass is 10.0. The van der Waals surface area contributed by atoms with Crippen molar-refractivity contribution in [2.45, 2.75) is 31.7 Å². The van der Waals surface area contributed by atoms with Crippen molar-refractivity contribution in [3.63, 3.8) is 0 Å². The Morgan fingerprint density at radius 3 is 3.00 bits per heavy atom. The molecule has 4 nitrogen and oxygen atoms in total. The van der Waals surface area contributed by atoms with Crippen molar-refractivity contribution in [2.24, 2.45) is 0 Å². The van der Waals surface area contributed by atoms with Crippen LogP contribution in [0.1, 0.15) is 25.7 Å². The monoisotopic (exact) mass is 201 g/mol. The Balaban J connectivity index is 1.99. The van der Waals surface area contributed by atoms with Gasteiger partial charge in [-0.25, -0.2) is 4.79 Å². The lowest BCUT2D eigenvalue weighted by Crippen LogP contribution is -2.35. The standard InChI is InChI=1S/C10H19NO3/c1-13-8-10(12)14-7-5-9-4-2-3-6-11-9/h9,11H,2-8H2,1H3/t9-/m1/s1. The molecule has 0 saturated carbocycles. The molecule has 0 amide bonds. The summed E-state index contributed by atoms with van der Waals surface area (Å²) < 4.78 is 9.64. The van der Waals surface area contributed by atoms with E-state index in [1.54, 1.807) is 0 Å². The number of carbonyl (C=O) groups excluding carboxylic acids is 1. The highest BCUT2D eigenvalue weighted by atomic mass is 16.6. The third kappa shape index (κ3) is 4.58. The van der Waals surface area contributed by atoms with Crippen LogP contribution in [0.2, 0.25) is 0 Å². The molecule has 0 unspecified atom stereocenters. The van der Waals surface area contributed by atoms with Gasteiger partial charge in [-0.15, -0.1) is 0 Å². The van der Waals surface area contributed by atoms with E-state index in [4.69, 9.17) is 4.74 Å². The first kappa shape index (κ1) is 11.5. The van der Waals surface area contributed by atoms with Gasteiger partial charge in [0, 0.05) is 13.2 Å². The van der Waals surface area contributed by atoms with Crippen molar-refractivity contribution in [3.05, 3.63) is 0 Å². The van der Waals surface area contributed by atoms with Crippen molar-refractivity contribution in [1.29, 1.82) is 0 Å². The van der Waals surface area contributed by atoms with Gasteiger partial charge in [-0.1, -0.05) is 6.42 Å². The van der Waals surface area contributed by atoms with Gasteiger partial charge in [-0.05, 0) is 25.8 Å². The molecule has 4 heteroatoms. The number of rotatable bonds is 5. The lowest BCUT2D eigenvalue weighted by molar-refractivity contribution is -0.148. The molecule has 1 saturated heterocycles. The highest BCUT2D eigenvalue weighted by Crippen LogP contribution is 2.09. The van der Waals surface area contributed by atoms with E-state index in [0.717, 1.165) is 13.0 Å². The predicted molar refractivity (Wildman–Crippen MR) is 53.1 cm³/mol. The van der Waals surface area contributed by atoms with Crippen LogP contribution in [0.5, 0.6) is 0 Å². The molecule has 1 aliphatic rings.